The second kappa shape index (κ2) is 4.47. The van der Waals surface area contributed by atoms with Gasteiger partial charge in [0.2, 0.25) is 0 Å². The third-order valence-electron chi connectivity index (χ3n) is 2.56. The molecule has 72 valence electrons. The summed E-state index contributed by atoms with van der Waals surface area (Å²) >= 11 is 1.82. The molecule has 1 aromatic heterocycles. The Labute approximate surface area is 88.4 Å². The molecule has 2 nitrogen and oxygen atoms in total. The van der Waals surface area contributed by atoms with Crippen molar-refractivity contribution in [2.45, 2.75) is 29.4 Å². The quantitative estimate of drug-likeness (QED) is 0.743. The van der Waals surface area contributed by atoms with E-state index in [9.17, 15) is 0 Å². The first-order chi connectivity index (χ1) is 6.90. The fraction of sp³-hybridized carbons (Fsp3) is 0.455. The van der Waals surface area contributed by atoms with E-state index in [0.29, 0.717) is 5.25 Å². The average molecular weight is 204 g/mol. The van der Waals surface area contributed by atoms with Gasteiger partial charge in [0.1, 0.15) is 0 Å². The zero-order chi connectivity index (χ0) is 9.80. The number of hydrogen-bond acceptors (Lipinski definition) is 3. The van der Waals surface area contributed by atoms with Gasteiger partial charge in [-0.3, -0.25) is 4.98 Å². The standard InChI is InChI=1S/C11H12N2S/c12-8-9-2-1-3-11(9)14-10-4-6-13-7-5-10/h4-7,9,11H,1-3H2. The number of aromatic nitrogens is 1. The molecule has 1 saturated carbocycles. The molecule has 0 aromatic carbocycles. The summed E-state index contributed by atoms with van der Waals surface area (Å²) in [5.41, 5.74) is 0. The van der Waals surface area contributed by atoms with Crippen LogP contribution in [0, 0.1) is 17.2 Å². The Morgan fingerprint density at radius 3 is 2.86 bits per heavy atom. The summed E-state index contributed by atoms with van der Waals surface area (Å²) in [6, 6.07) is 6.42. The van der Waals surface area contributed by atoms with Crippen molar-refractivity contribution in [2.24, 2.45) is 5.92 Å². The summed E-state index contributed by atoms with van der Waals surface area (Å²) < 4.78 is 0. The molecular formula is C11H12N2S. The molecule has 0 bridgehead atoms. The second-order valence-electron chi connectivity index (χ2n) is 3.51. The van der Waals surface area contributed by atoms with E-state index in [4.69, 9.17) is 5.26 Å². The lowest BCUT2D eigenvalue weighted by Crippen LogP contribution is -2.06. The Kier molecular flexibility index (Phi) is 3.05. The van der Waals surface area contributed by atoms with E-state index in [-0.39, 0.29) is 5.92 Å². The van der Waals surface area contributed by atoms with Gasteiger partial charge in [0.05, 0.1) is 12.0 Å². The fourth-order valence-corrected chi connectivity index (χ4v) is 3.08. The molecule has 0 saturated heterocycles. The second-order valence-corrected chi connectivity index (χ2v) is 4.82. The van der Waals surface area contributed by atoms with Crippen molar-refractivity contribution >= 4 is 11.8 Å². The molecule has 2 rings (SSSR count). The third-order valence-corrected chi connectivity index (χ3v) is 3.97. The lowest BCUT2D eigenvalue weighted by Gasteiger charge is -2.11. The number of rotatable bonds is 2. The normalized spacial score (nSPS) is 25.9. The number of thioether (sulfide) groups is 1. The minimum absolute atomic E-state index is 0.244. The lowest BCUT2D eigenvalue weighted by molar-refractivity contribution is 0.714. The highest BCUT2D eigenvalue weighted by molar-refractivity contribution is 8.00. The van der Waals surface area contributed by atoms with Gasteiger partial charge >= 0.3 is 0 Å². The van der Waals surface area contributed by atoms with E-state index in [2.05, 4.69) is 11.1 Å². The summed E-state index contributed by atoms with van der Waals surface area (Å²) in [7, 11) is 0. The molecule has 0 amide bonds. The van der Waals surface area contributed by atoms with Gasteiger partial charge in [-0.05, 0) is 25.0 Å². The number of hydrogen-bond donors (Lipinski definition) is 0. The topological polar surface area (TPSA) is 36.7 Å². The fourth-order valence-electron chi connectivity index (χ4n) is 1.81. The number of pyridine rings is 1. The van der Waals surface area contributed by atoms with Crippen LogP contribution in [-0.4, -0.2) is 10.2 Å². The Morgan fingerprint density at radius 1 is 1.36 bits per heavy atom. The third kappa shape index (κ3) is 2.08. The molecule has 1 aromatic rings. The van der Waals surface area contributed by atoms with Crippen molar-refractivity contribution < 1.29 is 0 Å². The number of nitrogens with zero attached hydrogens (tertiary/aromatic N) is 2. The van der Waals surface area contributed by atoms with Crippen LogP contribution in [0.2, 0.25) is 0 Å². The van der Waals surface area contributed by atoms with Crippen LogP contribution in [0.5, 0.6) is 0 Å². The van der Waals surface area contributed by atoms with Crippen molar-refractivity contribution in [1.29, 1.82) is 5.26 Å². The van der Waals surface area contributed by atoms with Crippen LogP contribution < -0.4 is 0 Å². The largest absolute Gasteiger partial charge is 0.265 e. The molecule has 1 aliphatic carbocycles. The SMILES string of the molecule is N#CC1CCCC1Sc1ccncc1. The highest BCUT2D eigenvalue weighted by atomic mass is 32.2. The van der Waals surface area contributed by atoms with E-state index in [1.807, 2.05) is 23.9 Å². The summed E-state index contributed by atoms with van der Waals surface area (Å²) in [6.45, 7) is 0. The van der Waals surface area contributed by atoms with Crippen LogP contribution in [0.3, 0.4) is 0 Å². The predicted octanol–water partition coefficient (Wildman–Crippen LogP) is 2.87. The van der Waals surface area contributed by atoms with E-state index >= 15 is 0 Å². The first kappa shape index (κ1) is 9.54. The molecule has 3 heteroatoms. The van der Waals surface area contributed by atoms with Gasteiger partial charge in [-0.1, -0.05) is 6.42 Å². The van der Waals surface area contributed by atoms with Gasteiger partial charge < -0.3 is 0 Å². The molecule has 2 atom stereocenters. The maximum absolute atomic E-state index is 8.94. The minimum Gasteiger partial charge on any atom is -0.265 e. The van der Waals surface area contributed by atoms with Crippen LogP contribution >= 0.6 is 11.8 Å². The van der Waals surface area contributed by atoms with Crippen molar-refractivity contribution in [1.82, 2.24) is 4.98 Å². The first-order valence-electron chi connectivity index (χ1n) is 4.86. The molecule has 1 heterocycles. The van der Waals surface area contributed by atoms with Gasteiger partial charge in [0, 0.05) is 22.5 Å². The van der Waals surface area contributed by atoms with Crippen LogP contribution in [0.1, 0.15) is 19.3 Å². The van der Waals surface area contributed by atoms with Crippen molar-refractivity contribution in [3.63, 3.8) is 0 Å². The zero-order valence-corrected chi connectivity index (χ0v) is 8.70. The average Bonchev–Trinajstić information content (AvgIpc) is 2.67. The highest BCUT2D eigenvalue weighted by Crippen LogP contribution is 2.38. The summed E-state index contributed by atoms with van der Waals surface area (Å²) in [5, 5.41) is 9.43. The molecule has 14 heavy (non-hydrogen) atoms. The molecule has 1 aliphatic rings. The van der Waals surface area contributed by atoms with Crippen molar-refractivity contribution in [3.8, 4) is 6.07 Å². The molecule has 1 fully saturated rings. The molecule has 0 aliphatic heterocycles. The molecular weight excluding hydrogens is 192 g/mol. The van der Waals surface area contributed by atoms with Gasteiger partial charge in [-0.25, -0.2) is 0 Å². The Balaban J connectivity index is 2.01. The number of nitriles is 1. The molecule has 0 N–H and O–H groups in total. The summed E-state index contributed by atoms with van der Waals surface area (Å²) in [4.78, 5) is 5.21. The Hall–Kier alpha value is -1.01. The maximum Gasteiger partial charge on any atom is 0.0667 e. The smallest absolute Gasteiger partial charge is 0.0667 e. The Morgan fingerprint density at radius 2 is 2.14 bits per heavy atom. The minimum atomic E-state index is 0.244. The maximum atomic E-state index is 8.94. The molecule has 0 radical (unpaired) electrons. The van der Waals surface area contributed by atoms with E-state index < -0.39 is 0 Å². The van der Waals surface area contributed by atoms with Crippen LogP contribution in [0.15, 0.2) is 29.4 Å². The predicted molar refractivity (Wildman–Crippen MR) is 56.8 cm³/mol. The lowest BCUT2D eigenvalue weighted by atomic mass is 10.1. The van der Waals surface area contributed by atoms with Crippen LogP contribution in [0.25, 0.3) is 0 Å². The van der Waals surface area contributed by atoms with Gasteiger partial charge in [0.25, 0.3) is 0 Å². The summed E-state index contributed by atoms with van der Waals surface area (Å²) in [6.07, 6.45) is 7.04. The molecule has 0 spiro atoms. The molecule has 2 unspecified atom stereocenters. The van der Waals surface area contributed by atoms with E-state index in [1.54, 1.807) is 12.4 Å². The van der Waals surface area contributed by atoms with Gasteiger partial charge in [0.15, 0.2) is 0 Å². The summed E-state index contributed by atoms with van der Waals surface area (Å²) in [5.74, 6) is 0.244. The Bertz CT molecular complexity index is 331. The zero-order valence-electron chi connectivity index (χ0n) is 7.89. The van der Waals surface area contributed by atoms with Crippen LogP contribution in [-0.2, 0) is 0 Å². The monoisotopic (exact) mass is 204 g/mol. The van der Waals surface area contributed by atoms with Gasteiger partial charge in [-0.2, -0.15) is 5.26 Å². The van der Waals surface area contributed by atoms with Crippen molar-refractivity contribution in [3.05, 3.63) is 24.5 Å². The van der Waals surface area contributed by atoms with Crippen molar-refractivity contribution in [2.75, 3.05) is 0 Å². The first-order valence-corrected chi connectivity index (χ1v) is 5.74. The van der Waals surface area contributed by atoms with Gasteiger partial charge in [-0.15, -0.1) is 11.8 Å². The van der Waals surface area contributed by atoms with E-state index in [0.717, 1.165) is 6.42 Å². The van der Waals surface area contributed by atoms with Crippen LogP contribution in [0.4, 0.5) is 0 Å². The van der Waals surface area contributed by atoms with E-state index in [1.165, 1.54) is 17.7 Å². The highest BCUT2D eigenvalue weighted by Gasteiger charge is 2.27.